The molecule has 11 nitrogen and oxygen atoms in total. The van der Waals surface area contributed by atoms with E-state index in [0.717, 1.165) is 16.3 Å². The van der Waals surface area contributed by atoms with Crippen molar-refractivity contribution in [2.75, 3.05) is 18.9 Å². The van der Waals surface area contributed by atoms with Gasteiger partial charge >= 0.3 is 18.1 Å². The predicted molar refractivity (Wildman–Crippen MR) is 179 cm³/mol. The molecular weight excluding hydrogens is 705 g/mol. The summed E-state index contributed by atoms with van der Waals surface area (Å²) in [6, 6.07) is 18.0. The Morgan fingerprint density at radius 1 is 1.02 bits per heavy atom. The Hall–Kier alpha value is -4.87. The zero-order valence-corrected chi connectivity index (χ0v) is 28.2. The second-order valence-corrected chi connectivity index (χ2v) is 12.5. The number of rotatable bonds is 11. The molecule has 1 atom stereocenters. The van der Waals surface area contributed by atoms with Crippen molar-refractivity contribution in [1.82, 2.24) is 9.97 Å². The maximum Gasteiger partial charge on any atom is 0.490 e. The van der Waals surface area contributed by atoms with E-state index < -0.39 is 24.2 Å². The third kappa shape index (κ3) is 10.8. The van der Waals surface area contributed by atoms with Gasteiger partial charge < -0.3 is 26.0 Å². The number of esters is 1. The number of carboxylic acids is 1. The van der Waals surface area contributed by atoms with E-state index in [2.05, 4.69) is 17.1 Å². The minimum atomic E-state index is -5.08. The number of ether oxygens (including phenoxy) is 2. The van der Waals surface area contributed by atoms with Gasteiger partial charge in [-0.05, 0) is 35.7 Å². The number of thioether (sulfide) groups is 1. The lowest BCUT2D eigenvalue weighted by Gasteiger charge is -2.15. The van der Waals surface area contributed by atoms with E-state index in [1.165, 1.54) is 23.1 Å². The minimum absolute atomic E-state index is 0.0241. The van der Waals surface area contributed by atoms with Crippen molar-refractivity contribution in [3.8, 4) is 39.6 Å². The molecular formula is C32H28ClF3N6O5S2. The van der Waals surface area contributed by atoms with Gasteiger partial charge in [-0.1, -0.05) is 61.5 Å². The number of thiazole rings is 1. The van der Waals surface area contributed by atoms with Gasteiger partial charge in [0, 0.05) is 27.3 Å². The molecule has 5 N–H and O–H groups in total. The van der Waals surface area contributed by atoms with Gasteiger partial charge in [-0.25, -0.2) is 14.8 Å². The molecule has 0 amide bonds. The van der Waals surface area contributed by atoms with E-state index in [9.17, 15) is 28.5 Å². The standard InChI is InChI=1S/C30H27ClN6O3S2.C2HF3O2/c1-17(2)26(34)30(38)40-12-11-39-22-9-5-18(6-10-22)25-23(13-32)27(35)37-29(24(25)14-33)42-16-21-15-41-28(36-21)19-3-7-20(31)8-4-19;3-2(4,5)1(6)7/h3-10,15,17,26H,11-12,16,34H2,1-2H3,(H2,35,37);(H,6,7)/t26-;/m0./s1. The van der Waals surface area contributed by atoms with Crippen molar-refractivity contribution in [3.05, 3.63) is 75.8 Å². The number of alkyl halides is 3. The summed E-state index contributed by atoms with van der Waals surface area (Å²) in [6.07, 6.45) is -5.08. The maximum absolute atomic E-state index is 11.9. The number of pyridine rings is 1. The van der Waals surface area contributed by atoms with Gasteiger partial charge in [0.25, 0.3) is 0 Å². The summed E-state index contributed by atoms with van der Waals surface area (Å²) in [4.78, 5) is 29.9. The fraction of sp³-hybridized carbons (Fsp3) is 0.250. The van der Waals surface area contributed by atoms with Crippen molar-refractivity contribution >= 4 is 52.5 Å². The van der Waals surface area contributed by atoms with E-state index >= 15 is 0 Å². The summed E-state index contributed by atoms with van der Waals surface area (Å²) in [5.41, 5.74) is 15.1. The van der Waals surface area contributed by atoms with Crippen LogP contribution in [0.4, 0.5) is 19.0 Å². The highest BCUT2D eigenvalue weighted by Gasteiger charge is 2.38. The van der Waals surface area contributed by atoms with Crippen LogP contribution in [0.3, 0.4) is 0 Å². The Bertz CT molecular complexity index is 1860. The highest BCUT2D eigenvalue weighted by atomic mass is 35.5. The van der Waals surface area contributed by atoms with E-state index in [1.807, 2.05) is 43.5 Å². The third-order valence-corrected chi connectivity index (χ3v) is 8.59. The molecule has 4 aromatic rings. The molecule has 2 aromatic carbocycles. The molecule has 0 saturated carbocycles. The zero-order valence-electron chi connectivity index (χ0n) is 25.8. The number of benzene rings is 2. The van der Waals surface area contributed by atoms with E-state index in [0.29, 0.717) is 32.7 Å². The highest BCUT2D eigenvalue weighted by Crippen LogP contribution is 2.37. The number of aliphatic carboxylic acids is 1. The average Bonchev–Trinajstić information content (AvgIpc) is 3.54. The Balaban J connectivity index is 0.000000838. The molecule has 2 aromatic heterocycles. The van der Waals surface area contributed by atoms with Gasteiger partial charge in [0.1, 0.15) is 58.6 Å². The highest BCUT2D eigenvalue weighted by molar-refractivity contribution is 7.98. The van der Waals surface area contributed by atoms with Crippen LogP contribution >= 0.6 is 34.7 Å². The Labute approximate surface area is 292 Å². The minimum Gasteiger partial charge on any atom is -0.490 e. The number of hydrogen-bond donors (Lipinski definition) is 3. The molecule has 0 fully saturated rings. The van der Waals surface area contributed by atoms with Crippen LogP contribution in [0.25, 0.3) is 21.7 Å². The van der Waals surface area contributed by atoms with E-state index in [4.69, 9.17) is 47.4 Å². The number of halogens is 4. The van der Waals surface area contributed by atoms with Crippen LogP contribution in [-0.4, -0.2) is 52.4 Å². The molecule has 4 rings (SSSR count). The lowest BCUT2D eigenvalue weighted by atomic mass is 9.97. The predicted octanol–water partition coefficient (Wildman–Crippen LogP) is 6.68. The van der Waals surface area contributed by atoms with Gasteiger partial charge in [0.2, 0.25) is 0 Å². The largest absolute Gasteiger partial charge is 0.490 e. The summed E-state index contributed by atoms with van der Waals surface area (Å²) < 4.78 is 42.6. The molecule has 0 unspecified atom stereocenters. The smallest absolute Gasteiger partial charge is 0.490 e. The molecule has 17 heteroatoms. The van der Waals surface area contributed by atoms with Crippen LogP contribution < -0.4 is 16.2 Å². The number of nitriles is 2. The Kier molecular flexibility index (Phi) is 13.8. The molecule has 0 spiro atoms. The van der Waals surface area contributed by atoms with Gasteiger partial charge in [-0.15, -0.1) is 11.3 Å². The zero-order chi connectivity index (χ0) is 36.3. The first-order valence-electron chi connectivity index (χ1n) is 14.1. The average molecular weight is 733 g/mol. The first-order chi connectivity index (χ1) is 23.2. The number of carbonyl (C=O) groups excluding carboxylic acids is 1. The lowest BCUT2D eigenvalue weighted by Crippen LogP contribution is -2.37. The summed E-state index contributed by atoms with van der Waals surface area (Å²) in [5.74, 6) is -2.24. The quantitative estimate of drug-likeness (QED) is 0.0841. The van der Waals surface area contributed by atoms with E-state index in [-0.39, 0.29) is 36.1 Å². The molecule has 256 valence electrons. The number of anilines is 1. The fourth-order valence-corrected chi connectivity index (χ4v) is 5.76. The van der Waals surface area contributed by atoms with Crippen molar-refractivity contribution in [2.24, 2.45) is 11.7 Å². The monoisotopic (exact) mass is 732 g/mol. The number of carbonyl (C=O) groups is 2. The summed E-state index contributed by atoms with van der Waals surface area (Å²) in [7, 11) is 0. The van der Waals surface area contributed by atoms with Crippen LogP contribution in [0.15, 0.2) is 58.9 Å². The molecule has 0 aliphatic carbocycles. The normalized spacial score (nSPS) is 11.5. The number of carboxylic acid groups (broad SMARTS) is 1. The van der Waals surface area contributed by atoms with Crippen molar-refractivity contribution < 1.29 is 37.3 Å². The molecule has 0 aliphatic rings. The number of nitrogens with zero attached hydrogens (tertiary/aromatic N) is 4. The van der Waals surface area contributed by atoms with Crippen LogP contribution in [0, 0.1) is 28.6 Å². The lowest BCUT2D eigenvalue weighted by molar-refractivity contribution is -0.192. The Morgan fingerprint density at radius 3 is 2.16 bits per heavy atom. The molecule has 0 bridgehead atoms. The summed E-state index contributed by atoms with van der Waals surface area (Å²) in [6.45, 7) is 3.89. The van der Waals surface area contributed by atoms with Gasteiger partial charge in [0.15, 0.2) is 0 Å². The second-order valence-electron chi connectivity index (χ2n) is 10.2. The molecule has 0 aliphatic heterocycles. The SMILES string of the molecule is CC(C)[C@H](N)C(=O)OCCOc1ccc(-c2c(C#N)c(N)nc(SCc3csc(-c4ccc(Cl)cc4)n3)c2C#N)cc1.O=C(O)C(F)(F)F. The van der Waals surface area contributed by atoms with Crippen molar-refractivity contribution in [2.45, 2.75) is 36.8 Å². The molecule has 49 heavy (non-hydrogen) atoms. The van der Waals surface area contributed by atoms with Gasteiger partial charge in [-0.3, -0.25) is 4.79 Å². The summed E-state index contributed by atoms with van der Waals surface area (Å²) >= 11 is 8.83. The van der Waals surface area contributed by atoms with E-state index in [1.54, 1.807) is 24.3 Å². The number of nitrogen functional groups attached to an aromatic ring is 1. The first kappa shape index (κ1) is 38.6. The van der Waals surface area contributed by atoms with Crippen molar-refractivity contribution in [3.63, 3.8) is 0 Å². The number of hydrogen-bond acceptors (Lipinski definition) is 12. The van der Waals surface area contributed by atoms with Gasteiger partial charge in [0.05, 0.1) is 11.3 Å². The first-order valence-corrected chi connectivity index (χ1v) is 16.3. The molecule has 0 radical (unpaired) electrons. The maximum atomic E-state index is 11.9. The van der Waals surface area contributed by atoms with Gasteiger partial charge in [-0.2, -0.15) is 23.7 Å². The van der Waals surface area contributed by atoms with Crippen LogP contribution in [0.1, 0.15) is 30.7 Å². The topological polar surface area (TPSA) is 198 Å². The Morgan fingerprint density at radius 2 is 1.61 bits per heavy atom. The van der Waals surface area contributed by atoms with Crippen LogP contribution in [0.2, 0.25) is 5.02 Å². The third-order valence-electron chi connectivity index (χ3n) is 6.39. The fourth-order valence-electron chi connectivity index (χ4n) is 3.82. The van der Waals surface area contributed by atoms with Crippen LogP contribution in [0.5, 0.6) is 5.75 Å². The van der Waals surface area contributed by atoms with Crippen molar-refractivity contribution in [1.29, 1.82) is 10.5 Å². The molecule has 2 heterocycles. The molecule has 0 saturated heterocycles. The summed E-state index contributed by atoms with van der Waals surface area (Å²) in [5, 5.41) is 31.0. The second kappa shape index (κ2) is 17.5. The number of aromatic nitrogens is 2. The van der Waals surface area contributed by atoms with Crippen LogP contribution in [-0.2, 0) is 20.1 Å². The number of nitrogens with two attached hydrogens (primary N) is 2.